The fraction of sp³-hybridized carbons (Fsp3) is 0.179. The summed E-state index contributed by atoms with van der Waals surface area (Å²) in [7, 11) is 1.56. The van der Waals surface area contributed by atoms with Gasteiger partial charge in [-0.3, -0.25) is 4.79 Å². The van der Waals surface area contributed by atoms with E-state index < -0.39 is 6.04 Å². The molecule has 0 saturated carbocycles. The van der Waals surface area contributed by atoms with E-state index in [4.69, 9.17) is 19.6 Å². The quantitative estimate of drug-likeness (QED) is 0.330. The number of ether oxygens (including phenoxy) is 2. The van der Waals surface area contributed by atoms with Crippen molar-refractivity contribution in [2.45, 2.75) is 19.9 Å². The Morgan fingerprint density at radius 2 is 1.76 bits per heavy atom. The van der Waals surface area contributed by atoms with Crippen LogP contribution in [0.4, 0.5) is 11.6 Å². The molecule has 2 heterocycles. The number of phenolic OH excluding ortho intramolecular Hbond substituents is 1. The number of anilines is 2. The summed E-state index contributed by atoms with van der Waals surface area (Å²) in [5.74, 6) is 2.01. The van der Waals surface area contributed by atoms with E-state index in [1.807, 2.05) is 50.2 Å². The summed E-state index contributed by atoms with van der Waals surface area (Å²) < 4.78 is 13.1. The Hall–Kier alpha value is -4.79. The molecule has 0 bridgehead atoms. The molecule has 9 heteroatoms. The topological polar surface area (TPSA) is 111 Å². The molecule has 37 heavy (non-hydrogen) atoms. The van der Waals surface area contributed by atoms with Gasteiger partial charge in [-0.2, -0.15) is 4.98 Å². The molecule has 1 aliphatic heterocycles. The number of amides is 1. The largest absolute Gasteiger partial charge is 0.508 e. The number of methoxy groups -OCH3 is 1. The zero-order valence-corrected chi connectivity index (χ0v) is 20.7. The standard InChI is InChI=1S/C28H27N5O4/c1-4-37-22-11-7-5-9-20(22)25-24(27(35)30-21-10-6-8-12-23(21)36-3)17(2)29-28-31-26(32-33(25)28)18-13-15-19(34)16-14-18/h5-16,25,34H,4H2,1-3H3,(H,30,35)(H,29,31,32). The minimum atomic E-state index is -0.618. The second kappa shape index (κ2) is 10.1. The first-order valence-corrected chi connectivity index (χ1v) is 11.9. The van der Waals surface area contributed by atoms with Crippen LogP contribution in [0.25, 0.3) is 11.4 Å². The van der Waals surface area contributed by atoms with Gasteiger partial charge in [0.2, 0.25) is 5.95 Å². The zero-order chi connectivity index (χ0) is 25.9. The Balaban J connectivity index is 1.63. The number of fused-ring (bicyclic) bond motifs is 1. The number of phenols is 1. The fourth-order valence-corrected chi connectivity index (χ4v) is 4.40. The highest BCUT2D eigenvalue weighted by molar-refractivity contribution is 6.06. The first-order chi connectivity index (χ1) is 18.0. The van der Waals surface area contributed by atoms with Crippen LogP contribution in [0.5, 0.6) is 17.2 Å². The molecular weight excluding hydrogens is 470 g/mol. The van der Waals surface area contributed by atoms with Crippen molar-refractivity contribution in [3.63, 3.8) is 0 Å². The first-order valence-electron chi connectivity index (χ1n) is 11.9. The number of aromatic nitrogens is 3. The highest BCUT2D eigenvalue weighted by atomic mass is 16.5. The Kier molecular flexibility index (Phi) is 6.51. The molecule has 0 fully saturated rings. The molecule has 0 spiro atoms. The second-order valence-corrected chi connectivity index (χ2v) is 8.44. The Morgan fingerprint density at radius 3 is 2.49 bits per heavy atom. The molecule has 1 amide bonds. The number of nitrogens with zero attached hydrogens (tertiary/aromatic N) is 3. The van der Waals surface area contributed by atoms with Crippen LogP contribution in [-0.4, -0.2) is 39.5 Å². The maximum absolute atomic E-state index is 13.8. The van der Waals surface area contributed by atoms with Gasteiger partial charge in [0.25, 0.3) is 5.91 Å². The highest BCUT2D eigenvalue weighted by Crippen LogP contribution is 2.40. The lowest BCUT2D eigenvalue weighted by Gasteiger charge is -2.29. The summed E-state index contributed by atoms with van der Waals surface area (Å²) in [5.41, 5.74) is 3.17. The predicted molar refractivity (Wildman–Crippen MR) is 141 cm³/mol. The van der Waals surface area contributed by atoms with E-state index >= 15 is 0 Å². The summed E-state index contributed by atoms with van der Waals surface area (Å²) in [6.07, 6.45) is 0. The molecule has 0 radical (unpaired) electrons. The highest BCUT2D eigenvalue weighted by Gasteiger charge is 2.36. The number of hydrogen-bond donors (Lipinski definition) is 3. The lowest BCUT2D eigenvalue weighted by atomic mass is 9.94. The van der Waals surface area contributed by atoms with Crippen molar-refractivity contribution in [3.8, 4) is 28.6 Å². The van der Waals surface area contributed by atoms with E-state index in [0.717, 1.165) is 11.1 Å². The van der Waals surface area contributed by atoms with Crippen molar-refractivity contribution >= 4 is 17.5 Å². The van der Waals surface area contributed by atoms with Gasteiger partial charge >= 0.3 is 0 Å². The number of nitrogens with one attached hydrogen (secondary N) is 2. The van der Waals surface area contributed by atoms with Crippen LogP contribution in [0.3, 0.4) is 0 Å². The molecule has 0 saturated heterocycles. The third-order valence-corrected chi connectivity index (χ3v) is 6.09. The molecule has 9 nitrogen and oxygen atoms in total. The Bertz CT molecular complexity index is 1480. The normalized spacial score (nSPS) is 14.5. The molecule has 1 atom stereocenters. The lowest BCUT2D eigenvalue weighted by molar-refractivity contribution is -0.113. The second-order valence-electron chi connectivity index (χ2n) is 8.44. The van der Waals surface area contributed by atoms with Crippen LogP contribution in [0.2, 0.25) is 0 Å². The van der Waals surface area contributed by atoms with Gasteiger partial charge in [0, 0.05) is 16.8 Å². The monoisotopic (exact) mass is 497 g/mol. The number of rotatable bonds is 7. The number of allylic oxidation sites excluding steroid dienone is 1. The number of hydrogen-bond acceptors (Lipinski definition) is 7. The number of carbonyl (C=O) groups excluding carboxylic acids is 1. The molecule has 3 N–H and O–H groups in total. The summed E-state index contributed by atoms with van der Waals surface area (Å²) >= 11 is 0. The van der Waals surface area contributed by atoms with E-state index in [9.17, 15) is 9.90 Å². The number of benzene rings is 3. The van der Waals surface area contributed by atoms with Crippen molar-refractivity contribution in [1.29, 1.82) is 0 Å². The molecule has 188 valence electrons. The number of para-hydroxylation sites is 3. The Labute approximate surface area is 214 Å². The summed E-state index contributed by atoms with van der Waals surface area (Å²) in [6.45, 7) is 4.22. The van der Waals surface area contributed by atoms with Crippen molar-refractivity contribution < 1.29 is 19.4 Å². The van der Waals surface area contributed by atoms with Gasteiger partial charge in [0.05, 0.1) is 25.0 Å². The molecule has 3 aromatic carbocycles. The van der Waals surface area contributed by atoms with Gasteiger partial charge in [-0.1, -0.05) is 30.3 Å². The van der Waals surface area contributed by atoms with Gasteiger partial charge in [0.15, 0.2) is 5.82 Å². The minimum Gasteiger partial charge on any atom is -0.508 e. The maximum atomic E-state index is 13.8. The summed E-state index contributed by atoms with van der Waals surface area (Å²) in [4.78, 5) is 18.5. The van der Waals surface area contributed by atoms with Crippen LogP contribution in [-0.2, 0) is 4.79 Å². The van der Waals surface area contributed by atoms with E-state index in [1.54, 1.807) is 48.2 Å². The van der Waals surface area contributed by atoms with E-state index in [1.165, 1.54) is 0 Å². The molecule has 0 aliphatic carbocycles. The first kappa shape index (κ1) is 23.9. The zero-order valence-electron chi connectivity index (χ0n) is 20.7. The molecular formula is C28H27N5O4. The third kappa shape index (κ3) is 4.58. The molecule has 5 rings (SSSR count). The van der Waals surface area contributed by atoms with Crippen LogP contribution >= 0.6 is 0 Å². The van der Waals surface area contributed by atoms with E-state index in [0.29, 0.717) is 46.8 Å². The van der Waals surface area contributed by atoms with Gasteiger partial charge in [-0.25, -0.2) is 4.68 Å². The van der Waals surface area contributed by atoms with E-state index in [2.05, 4.69) is 10.6 Å². The minimum absolute atomic E-state index is 0.155. The lowest BCUT2D eigenvalue weighted by Crippen LogP contribution is -2.31. The molecule has 1 aliphatic rings. The number of carbonyl (C=O) groups is 1. The van der Waals surface area contributed by atoms with Crippen LogP contribution < -0.4 is 20.1 Å². The van der Waals surface area contributed by atoms with Crippen LogP contribution in [0.15, 0.2) is 84.1 Å². The van der Waals surface area contributed by atoms with Crippen LogP contribution in [0, 0.1) is 0 Å². The average molecular weight is 498 g/mol. The molecule has 1 unspecified atom stereocenters. The van der Waals surface area contributed by atoms with Crippen molar-refractivity contribution in [3.05, 3.63) is 89.6 Å². The summed E-state index contributed by atoms with van der Waals surface area (Å²) in [6, 6.07) is 20.9. The summed E-state index contributed by atoms with van der Waals surface area (Å²) in [5, 5.41) is 20.7. The third-order valence-electron chi connectivity index (χ3n) is 6.09. The van der Waals surface area contributed by atoms with Gasteiger partial charge in [0.1, 0.15) is 23.3 Å². The smallest absolute Gasteiger partial charge is 0.255 e. The van der Waals surface area contributed by atoms with Gasteiger partial charge in [-0.15, -0.1) is 5.10 Å². The maximum Gasteiger partial charge on any atom is 0.255 e. The predicted octanol–water partition coefficient (Wildman–Crippen LogP) is 4.99. The van der Waals surface area contributed by atoms with Crippen molar-refractivity contribution in [2.75, 3.05) is 24.4 Å². The van der Waals surface area contributed by atoms with Crippen LogP contribution in [0.1, 0.15) is 25.5 Å². The number of aromatic hydroxyl groups is 1. The fourth-order valence-electron chi connectivity index (χ4n) is 4.40. The Morgan fingerprint density at radius 1 is 1.05 bits per heavy atom. The van der Waals surface area contributed by atoms with Gasteiger partial charge < -0.3 is 25.2 Å². The van der Waals surface area contributed by atoms with Gasteiger partial charge in [-0.05, 0) is 56.3 Å². The van der Waals surface area contributed by atoms with Crippen molar-refractivity contribution in [1.82, 2.24) is 14.8 Å². The SMILES string of the molecule is CCOc1ccccc1C1C(C(=O)Nc2ccccc2OC)=C(C)Nc2nc(-c3ccc(O)cc3)nn21. The average Bonchev–Trinajstić information content (AvgIpc) is 3.32. The molecule has 1 aromatic heterocycles. The van der Waals surface area contributed by atoms with E-state index in [-0.39, 0.29) is 11.7 Å². The van der Waals surface area contributed by atoms with Crippen molar-refractivity contribution in [2.24, 2.45) is 0 Å². The molecule has 4 aromatic rings.